The molecular formula is C74H47NO2. The zero-order valence-corrected chi connectivity index (χ0v) is 41.9. The average molecular weight is 982 g/mol. The smallest absolute Gasteiger partial charge is 0.132 e. The molecule has 0 saturated heterocycles. The van der Waals surface area contributed by atoms with E-state index in [1.165, 1.54) is 55.6 Å². The van der Waals surface area contributed by atoms with Gasteiger partial charge in [0.1, 0.15) is 23.0 Å². The van der Waals surface area contributed by atoms with Crippen LogP contribution in [0.5, 0.6) is 23.0 Å². The fraction of sp³-hybridized carbons (Fsp3) is 0.0270. The molecule has 2 aliphatic carbocycles. The lowest BCUT2D eigenvalue weighted by Crippen LogP contribution is -2.32. The van der Waals surface area contributed by atoms with Crippen molar-refractivity contribution in [2.45, 2.75) is 10.8 Å². The number of hydrogen-bond acceptors (Lipinski definition) is 3. The van der Waals surface area contributed by atoms with Gasteiger partial charge in [-0.25, -0.2) is 0 Å². The van der Waals surface area contributed by atoms with Crippen molar-refractivity contribution in [1.82, 2.24) is 0 Å². The normalized spacial score (nSPS) is 13.9. The van der Waals surface area contributed by atoms with Gasteiger partial charge in [0, 0.05) is 39.2 Å². The number of nitrogens with zero attached hydrogens (tertiary/aromatic N) is 1. The minimum atomic E-state index is -0.542. The molecule has 0 unspecified atom stereocenters. The molecule has 0 amide bonds. The number of ether oxygens (including phenoxy) is 2. The van der Waals surface area contributed by atoms with E-state index in [1.54, 1.807) is 0 Å². The lowest BCUT2D eigenvalue weighted by molar-refractivity contribution is 0.436. The van der Waals surface area contributed by atoms with Crippen LogP contribution in [0.3, 0.4) is 0 Å². The number of hydrogen-bond donors (Lipinski definition) is 0. The number of fused-ring (bicyclic) bond motifs is 18. The Morgan fingerprint density at radius 3 is 1.13 bits per heavy atom. The lowest BCUT2D eigenvalue weighted by Gasteiger charge is -2.39. The van der Waals surface area contributed by atoms with Crippen molar-refractivity contribution in [3.63, 3.8) is 0 Å². The van der Waals surface area contributed by atoms with Crippen LogP contribution < -0.4 is 14.4 Å². The topological polar surface area (TPSA) is 21.7 Å². The van der Waals surface area contributed by atoms with Gasteiger partial charge in [-0.15, -0.1) is 0 Å². The fourth-order valence-electron chi connectivity index (χ4n) is 13.6. The van der Waals surface area contributed by atoms with Gasteiger partial charge < -0.3 is 14.4 Å². The number of anilines is 3. The second kappa shape index (κ2) is 16.8. The van der Waals surface area contributed by atoms with Crippen LogP contribution in [0.1, 0.15) is 44.5 Å². The van der Waals surface area contributed by atoms with E-state index >= 15 is 0 Å². The van der Waals surface area contributed by atoms with Crippen LogP contribution in [0.2, 0.25) is 0 Å². The Bertz CT molecular complexity index is 4250. The summed E-state index contributed by atoms with van der Waals surface area (Å²) < 4.78 is 13.3. The Kier molecular flexibility index (Phi) is 9.47. The quantitative estimate of drug-likeness (QED) is 0.166. The van der Waals surface area contributed by atoms with Crippen LogP contribution in [0.4, 0.5) is 17.1 Å². The Morgan fingerprint density at radius 2 is 0.584 bits per heavy atom. The highest BCUT2D eigenvalue weighted by Crippen LogP contribution is 2.64. The number of rotatable bonds is 6. The molecule has 0 fully saturated rings. The predicted molar refractivity (Wildman–Crippen MR) is 312 cm³/mol. The van der Waals surface area contributed by atoms with Gasteiger partial charge in [-0.2, -0.15) is 0 Å². The summed E-state index contributed by atoms with van der Waals surface area (Å²) in [5, 5.41) is 0. The molecule has 3 heteroatoms. The van der Waals surface area contributed by atoms with Gasteiger partial charge >= 0.3 is 0 Å². The van der Waals surface area contributed by atoms with Crippen molar-refractivity contribution in [2.24, 2.45) is 0 Å². The molecule has 4 aliphatic rings. The zero-order chi connectivity index (χ0) is 50.7. The van der Waals surface area contributed by atoms with Gasteiger partial charge in [0.25, 0.3) is 0 Å². The SMILES string of the molecule is c1ccc(-c2ccc(N(c3ccc(-c4ccc5c(c4)C4(c6ccccc6Oc6ccccc64)c4ccccc4-5)cc3)c3ccccc3-c3ccc4c(c3)-c3ccccc3C43c4ccccc4Oc4ccccc43)cc2)cc1. The van der Waals surface area contributed by atoms with Crippen molar-refractivity contribution >= 4 is 17.1 Å². The van der Waals surface area contributed by atoms with E-state index in [9.17, 15) is 0 Å². The molecule has 2 spiro atoms. The summed E-state index contributed by atoms with van der Waals surface area (Å²) >= 11 is 0. The lowest BCUT2D eigenvalue weighted by atomic mass is 9.66. The van der Waals surface area contributed by atoms with Gasteiger partial charge in [0.15, 0.2) is 0 Å². The molecule has 0 aromatic heterocycles. The first-order valence-corrected chi connectivity index (χ1v) is 26.6. The second-order valence-corrected chi connectivity index (χ2v) is 20.6. The molecule has 12 aromatic carbocycles. The molecule has 0 atom stereocenters. The maximum atomic E-state index is 6.66. The minimum absolute atomic E-state index is 0.535. The van der Waals surface area contributed by atoms with Crippen LogP contribution in [-0.4, -0.2) is 0 Å². The van der Waals surface area contributed by atoms with Gasteiger partial charge in [0.05, 0.1) is 16.5 Å². The van der Waals surface area contributed by atoms with Crippen molar-refractivity contribution < 1.29 is 9.47 Å². The average Bonchev–Trinajstić information content (AvgIpc) is 4.01. The van der Waals surface area contributed by atoms with E-state index in [1.807, 2.05) is 0 Å². The Labute approximate surface area is 448 Å². The molecule has 2 heterocycles. The maximum absolute atomic E-state index is 6.66. The predicted octanol–water partition coefficient (Wildman–Crippen LogP) is 19.1. The summed E-state index contributed by atoms with van der Waals surface area (Å²) in [4.78, 5) is 2.42. The Morgan fingerprint density at radius 1 is 0.221 bits per heavy atom. The van der Waals surface area contributed by atoms with E-state index < -0.39 is 10.8 Å². The van der Waals surface area contributed by atoms with Gasteiger partial charge in [-0.05, 0) is 139 Å². The highest BCUT2D eigenvalue weighted by atomic mass is 16.5. The van der Waals surface area contributed by atoms with Crippen LogP contribution >= 0.6 is 0 Å². The van der Waals surface area contributed by atoms with E-state index in [2.05, 4.69) is 290 Å². The Hall–Kier alpha value is -9.96. The summed E-state index contributed by atoms with van der Waals surface area (Å²) in [5.74, 6) is 3.57. The Balaban J connectivity index is 0.842. The van der Waals surface area contributed by atoms with Crippen molar-refractivity contribution in [3.05, 3.63) is 330 Å². The first-order valence-electron chi connectivity index (χ1n) is 26.6. The van der Waals surface area contributed by atoms with E-state index in [4.69, 9.17) is 9.47 Å². The third-order valence-electron chi connectivity index (χ3n) is 16.8. The standard InChI is InChI=1S/C74H47NO2/c1-2-18-48(19-3-1)49-34-40-53(41-35-49)75(54-42-36-50(37-43-54)51-38-44-58-56-21-4-7-23-60(56)74(67(58)47-51)65-27-11-16-32-71(65)77-72-33-17-12-28-66(72)74)68-29-13-6-20-55(68)52-39-45-62-59(46-52)57-22-5-8-24-61(57)73(62)63-25-9-14-30-69(63)76-70-31-15-10-26-64(70)73/h1-47H. The van der Waals surface area contributed by atoms with E-state index in [0.29, 0.717) is 0 Å². The van der Waals surface area contributed by atoms with Crippen LogP contribution in [-0.2, 0) is 10.8 Å². The highest BCUT2D eigenvalue weighted by Gasteiger charge is 2.52. The molecule has 12 aromatic rings. The van der Waals surface area contributed by atoms with Crippen LogP contribution in [0, 0.1) is 0 Å². The second-order valence-electron chi connectivity index (χ2n) is 20.6. The van der Waals surface area contributed by atoms with Gasteiger partial charge in [0.2, 0.25) is 0 Å². The summed E-state index contributed by atoms with van der Waals surface area (Å²) in [5.41, 5.74) is 23.8. The summed E-state index contributed by atoms with van der Waals surface area (Å²) in [7, 11) is 0. The molecule has 3 nitrogen and oxygen atoms in total. The molecule has 77 heavy (non-hydrogen) atoms. The largest absolute Gasteiger partial charge is 0.457 e. The molecule has 2 aliphatic heterocycles. The molecule has 16 rings (SSSR count). The molecule has 0 saturated carbocycles. The third-order valence-corrected chi connectivity index (χ3v) is 16.8. The van der Waals surface area contributed by atoms with Crippen molar-refractivity contribution in [3.8, 4) is 78.6 Å². The molecule has 0 radical (unpaired) electrons. The molecular weight excluding hydrogens is 935 g/mol. The molecule has 0 bridgehead atoms. The first kappa shape index (κ1) is 43.4. The third kappa shape index (κ3) is 6.20. The highest BCUT2D eigenvalue weighted by molar-refractivity contribution is 5.95. The molecule has 360 valence electrons. The van der Waals surface area contributed by atoms with E-state index in [0.717, 1.165) is 84.6 Å². The number of para-hydroxylation sites is 5. The first-order chi connectivity index (χ1) is 38.2. The molecule has 0 N–H and O–H groups in total. The van der Waals surface area contributed by atoms with Gasteiger partial charge in [-0.1, -0.05) is 218 Å². The van der Waals surface area contributed by atoms with Gasteiger partial charge in [-0.3, -0.25) is 0 Å². The monoisotopic (exact) mass is 981 g/mol. The van der Waals surface area contributed by atoms with Crippen molar-refractivity contribution in [2.75, 3.05) is 4.90 Å². The van der Waals surface area contributed by atoms with Crippen LogP contribution in [0.25, 0.3) is 55.6 Å². The fourth-order valence-corrected chi connectivity index (χ4v) is 13.6. The summed E-state index contributed by atoms with van der Waals surface area (Å²) in [6, 6.07) is 104. The van der Waals surface area contributed by atoms with E-state index in [-0.39, 0.29) is 0 Å². The maximum Gasteiger partial charge on any atom is 0.132 e. The zero-order valence-electron chi connectivity index (χ0n) is 41.9. The minimum Gasteiger partial charge on any atom is -0.457 e. The van der Waals surface area contributed by atoms with Crippen molar-refractivity contribution in [1.29, 1.82) is 0 Å². The number of benzene rings is 12. The summed E-state index contributed by atoms with van der Waals surface area (Å²) in [6.07, 6.45) is 0. The van der Waals surface area contributed by atoms with Crippen LogP contribution in [0.15, 0.2) is 285 Å². The summed E-state index contributed by atoms with van der Waals surface area (Å²) in [6.45, 7) is 0.